The molecule has 0 fully saturated rings. The highest BCUT2D eigenvalue weighted by Crippen LogP contribution is 2.40. The molecule has 1 aromatic carbocycles. The molecule has 90 valence electrons. The van der Waals surface area contributed by atoms with E-state index in [9.17, 15) is 4.39 Å². The second-order valence-electron chi connectivity index (χ2n) is 3.94. The molecule has 2 rings (SSSR count). The first-order valence-electron chi connectivity index (χ1n) is 5.15. The monoisotopic (exact) mass is 376 g/mol. The molecule has 0 bridgehead atoms. The first kappa shape index (κ1) is 13.2. The maximum Gasteiger partial charge on any atom is 0.126 e. The van der Waals surface area contributed by atoms with E-state index in [1.165, 1.54) is 15.8 Å². The molecule has 1 heterocycles. The number of aryl methyl sites for hydroxylation is 2. The van der Waals surface area contributed by atoms with Gasteiger partial charge in [0.1, 0.15) is 5.82 Å². The first-order chi connectivity index (χ1) is 7.99. The quantitative estimate of drug-likeness (QED) is 0.584. The van der Waals surface area contributed by atoms with E-state index >= 15 is 0 Å². The highest BCUT2D eigenvalue weighted by molar-refractivity contribution is 9.11. The van der Waals surface area contributed by atoms with E-state index in [2.05, 4.69) is 44.8 Å². The van der Waals surface area contributed by atoms with Crippen molar-refractivity contribution >= 4 is 43.2 Å². The average Bonchev–Trinajstić information content (AvgIpc) is 2.61. The topological polar surface area (TPSA) is 0 Å². The lowest BCUT2D eigenvalue weighted by molar-refractivity contribution is 0.618. The van der Waals surface area contributed by atoms with Crippen LogP contribution in [0.2, 0.25) is 0 Å². The molecule has 17 heavy (non-hydrogen) atoms. The van der Waals surface area contributed by atoms with Gasteiger partial charge in [0.15, 0.2) is 0 Å². The second kappa shape index (κ2) is 5.21. The van der Waals surface area contributed by atoms with Crippen molar-refractivity contribution in [1.82, 2.24) is 0 Å². The van der Waals surface area contributed by atoms with E-state index < -0.39 is 0 Å². The Labute approximate surface area is 121 Å². The zero-order valence-electron chi connectivity index (χ0n) is 9.43. The Kier molecular flexibility index (Phi) is 4.06. The molecule has 2 aromatic rings. The van der Waals surface area contributed by atoms with Crippen LogP contribution in [0.1, 0.15) is 25.7 Å². The molecule has 0 spiro atoms. The molecule has 0 amide bonds. The smallest absolute Gasteiger partial charge is 0.126 e. The number of benzene rings is 1. The summed E-state index contributed by atoms with van der Waals surface area (Å²) < 4.78 is 14.3. The predicted molar refractivity (Wildman–Crippen MR) is 78.7 cm³/mol. The zero-order valence-corrected chi connectivity index (χ0v) is 13.4. The van der Waals surface area contributed by atoms with Gasteiger partial charge in [0.05, 0.1) is 4.83 Å². The molecular formula is C13H11Br2FS. The molecule has 0 aliphatic heterocycles. The van der Waals surface area contributed by atoms with E-state index in [0.717, 1.165) is 10.0 Å². The molecule has 0 saturated carbocycles. The number of halogens is 3. The number of hydrogen-bond acceptors (Lipinski definition) is 1. The van der Waals surface area contributed by atoms with Gasteiger partial charge in [-0.25, -0.2) is 4.39 Å². The summed E-state index contributed by atoms with van der Waals surface area (Å²) in [4.78, 5) is 2.58. The Morgan fingerprint density at radius 3 is 2.47 bits per heavy atom. The lowest BCUT2D eigenvalue weighted by Gasteiger charge is -2.10. The average molecular weight is 378 g/mol. The Balaban J connectivity index is 2.40. The van der Waals surface area contributed by atoms with Crippen LogP contribution in [0.3, 0.4) is 0 Å². The van der Waals surface area contributed by atoms with Crippen molar-refractivity contribution in [3.63, 3.8) is 0 Å². The Morgan fingerprint density at radius 2 is 1.94 bits per heavy atom. The van der Waals surface area contributed by atoms with Gasteiger partial charge in [-0.3, -0.25) is 0 Å². The third kappa shape index (κ3) is 2.80. The van der Waals surface area contributed by atoms with Crippen LogP contribution < -0.4 is 0 Å². The van der Waals surface area contributed by atoms with Gasteiger partial charge >= 0.3 is 0 Å². The van der Waals surface area contributed by atoms with Crippen molar-refractivity contribution in [2.75, 3.05) is 0 Å². The number of thiophene rings is 1. The lowest BCUT2D eigenvalue weighted by atomic mass is 10.1. The molecule has 0 aliphatic rings. The molecule has 1 unspecified atom stereocenters. The molecule has 1 aromatic heterocycles. The summed E-state index contributed by atoms with van der Waals surface area (Å²) in [6, 6.07) is 7.33. The minimum atomic E-state index is -0.158. The van der Waals surface area contributed by atoms with Crippen molar-refractivity contribution in [1.29, 1.82) is 0 Å². The van der Waals surface area contributed by atoms with E-state index in [-0.39, 0.29) is 10.6 Å². The summed E-state index contributed by atoms with van der Waals surface area (Å²) in [5.41, 5.74) is 1.75. The predicted octanol–water partition coefficient (Wildman–Crippen LogP) is 5.75. The highest BCUT2D eigenvalue weighted by atomic mass is 79.9. The van der Waals surface area contributed by atoms with Crippen LogP contribution in [-0.4, -0.2) is 0 Å². The Bertz CT molecular complexity index is 548. The summed E-state index contributed by atoms with van der Waals surface area (Å²) in [6.45, 7) is 3.86. The summed E-state index contributed by atoms with van der Waals surface area (Å²) in [5, 5.41) is 0. The first-order valence-corrected chi connectivity index (χ1v) is 7.67. The lowest BCUT2D eigenvalue weighted by Crippen LogP contribution is -1.93. The van der Waals surface area contributed by atoms with Crippen LogP contribution in [0, 0.1) is 19.7 Å². The maximum absolute atomic E-state index is 13.2. The summed E-state index contributed by atoms with van der Waals surface area (Å²) in [7, 11) is 0. The number of rotatable bonds is 2. The van der Waals surface area contributed by atoms with Gasteiger partial charge in [0.2, 0.25) is 0 Å². The molecular weight excluding hydrogens is 367 g/mol. The van der Waals surface area contributed by atoms with Gasteiger partial charge in [-0.15, -0.1) is 11.3 Å². The minimum absolute atomic E-state index is 0.106. The van der Waals surface area contributed by atoms with Crippen molar-refractivity contribution in [2.45, 2.75) is 18.7 Å². The third-order valence-corrected chi connectivity index (χ3v) is 5.86. The van der Waals surface area contributed by atoms with Crippen LogP contribution in [-0.2, 0) is 0 Å². The molecule has 0 N–H and O–H groups in total. The van der Waals surface area contributed by atoms with Gasteiger partial charge in [-0.05, 0) is 53.0 Å². The van der Waals surface area contributed by atoms with Gasteiger partial charge in [-0.1, -0.05) is 28.1 Å². The minimum Gasteiger partial charge on any atom is -0.207 e. The molecule has 0 nitrogen and oxygen atoms in total. The normalized spacial score (nSPS) is 12.8. The van der Waals surface area contributed by atoms with E-state index in [1.54, 1.807) is 18.3 Å². The molecule has 0 saturated heterocycles. The van der Waals surface area contributed by atoms with Crippen LogP contribution >= 0.6 is 43.2 Å². The Hall–Kier alpha value is -0.190. The van der Waals surface area contributed by atoms with Crippen LogP contribution in [0.15, 0.2) is 28.7 Å². The van der Waals surface area contributed by atoms with Gasteiger partial charge in [0, 0.05) is 14.2 Å². The third-order valence-electron chi connectivity index (χ3n) is 2.54. The summed E-state index contributed by atoms with van der Waals surface area (Å²) >= 11 is 8.97. The second-order valence-corrected chi connectivity index (χ2v) is 7.00. The molecule has 0 radical (unpaired) electrons. The number of hydrogen-bond donors (Lipinski definition) is 0. The van der Waals surface area contributed by atoms with E-state index in [0.29, 0.717) is 5.56 Å². The summed E-state index contributed by atoms with van der Waals surface area (Å²) in [5.74, 6) is -0.158. The standard InChI is InChI=1S/C13H11Br2FS/c1-7-5-9(3-4-11(7)16)12(15)13-10(14)6-8(2)17-13/h3-6,12H,1-2H3. The van der Waals surface area contributed by atoms with Crippen molar-refractivity contribution in [3.05, 3.63) is 55.4 Å². The molecule has 0 aliphatic carbocycles. The fourth-order valence-electron chi connectivity index (χ4n) is 1.65. The fraction of sp³-hybridized carbons (Fsp3) is 0.231. The molecule has 4 heteroatoms. The molecule has 1 atom stereocenters. The van der Waals surface area contributed by atoms with Crippen LogP contribution in [0.25, 0.3) is 0 Å². The van der Waals surface area contributed by atoms with Crippen LogP contribution in [0.4, 0.5) is 4.39 Å². The van der Waals surface area contributed by atoms with Gasteiger partial charge < -0.3 is 0 Å². The number of alkyl halides is 1. The largest absolute Gasteiger partial charge is 0.207 e. The van der Waals surface area contributed by atoms with Gasteiger partial charge in [0.25, 0.3) is 0 Å². The van der Waals surface area contributed by atoms with Crippen molar-refractivity contribution in [2.24, 2.45) is 0 Å². The SMILES string of the molecule is Cc1cc(Br)c(C(Br)c2ccc(F)c(C)c2)s1. The maximum atomic E-state index is 13.2. The zero-order chi connectivity index (χ0) is 12.6. The van der Waals surface area contributed by atoms with Crippen molar-refractivity contribution < 1.29 is 4.39 Å². The van der Waals surface area contributed by atoms with E-state index in [1.807, 2.05) is 12.1 Å². The van der Waals surface area contributed by atoms with Crippen LogP contribution in [0.5, 0.6) is 0 Å². The van der Waals surface area contributed by atoms with Crippen molar-refractivity contribution in [3.8, 4) is 0 Å². The van der Waals surface area contributed by atoms with Gasteiger partial charge in [-0.2, -0.15) is 0 Å². The fourth-order valence-corrected chi connectivity index (χ4v) is 4.66. The Morgan fingerprint density at radius 1 is 1.24 bits per heavy atom. The highest BCUT2D eigenvalue weighted by Gasteiger charge is 2.16. The van der Waals surface area contributed by atoms with E-state index in [4.69, 9.17) is 0 Å². The summed E-state index contributed by atoms with van der Waals surface area (Å²) in [6.07, 6.45) is 0.